The molecule has 1 aromatic rings. The highest BCUT2D eigenvalue weighted by Crippen LogP contribution is 2.25. The van der Waals surface area contributed by atoms with Crippen molar-refractivity contribution in [2.75, 3.05) is 6.54 Å². The molecule has 0 aliphatic heterocycles. The summed E-state index contributed by atoms with van der Waals surface area (Å²) in [6.45, 7) is 14.0. The van der Waals surface area contributed by atoms with Crippen molar-refractivity contribution >= 4 is 17.4 Å². The molecule has 0 aliphatic carbocycles. The quantitative estimate of drug-likeness (QED) is 0.884. The Morgan fingerprint density at radius 2 is 1.88 bits per heavy atom. The van der Waals surface area contributed by atoms with E-state index in [0.29, 0.717) is 0 Å². The van der Waals surface area contributed by atoms with Gasteiger partial charge >= 0.3 is 0 Å². The van der Waals surface area contributed by atoms with Crippen LogP contribution in [0.1, 0.15) is 52.2 Å². The number of hydrogen-bond donors (Lipinski definition) is 1. The Morgan fingerprint density at radius 1 is 1.24 bits per heavy atom. The van der Waals surface area contributed by atoms with Gasteiger partial charge in [-0.15, -0.1) is 11.3 Å². The van der Waals surface area contributed by atoms with Gasteiger partial charge in [-0.05, 0) is 26.8 Å². The molecule has 1 N–H and O–H groups in total. The number of aromatic nitrogens is 1. The maximum Gasteiger partial charge on any atom is 0.0985 e. The Balaban J connectivity index is 2.53. The van der Waals surface area contributed by atoms with E-state index in [4.69, 9.17) is 0 Å². The molecule has 0 radical (unpaired) electrons. The van der Waals surface area contributed by atoms with Crippen LogP contribution in [0.5, 0.6) is 0 Å². The summed E-state index contributed by atoms with van der Waals surface area (Å²) in [6.07, 6.45) is 4.22. The highest BCUT2D eigenvalue weighted by atomic mass is 32.1. The first-order chi connectivity index (χ1) is 7.68. The fraction of sp³-hybridized carbons (Fsp3) is 0.643. The molecule has 0 bridgehead atoms. The lowest BCUT2D eigenvalue weighted by Crippen LogP contribution is -2.35. The van der Waals surface area contributed by atoms with Gasteiger partial charge in [0.1, 0.15) is 0 Å². The first kappa shape index (κ1) is 14.4. The summed E-state index contributed by atoms with van der Waals surface area (Å²) in [5, 5.41) is 6.73. The van der Waals surface area contributed by atoms with Gasteiger partial charge in [0.15, 0.2) is 0 Å². The third-order valence-corrected chi connectivity index (χ3v) is 3.49. The largest absolute Gasteiger partial charge is 0.309 e. The predicted octanol–water partition coefficient (Wildman–Crippen LogP) is 3.84. The number of thiazole rings is 1. The molecule has 0 saturated heterocycles. The van der Waals surface area contributed by atoms with E-state index in [-0.39, 0.29) is 11.0 Å². The van der Waals surface area contributed by atoms with Crippen LogP contribution in [0.2, 0.25) is 0 Å². The summed E-state index contributed by atoms with van der Waals surface area (Å²) in [4.78, 5) is 4.62. The Labute approximate surface area is 109 Å². The normalized spacial score (nSPS) is 13.5. The lowest BCUT2D eigenvalue weighted by molar-refractivity contribution is 0.450. The van der Waals surface area contributed by atoms with Crippen LogP contribution >= 0.6 is 11.3 Å². The molecule has 1 aromatic heterocycles. The van der Waals surface area contributed by atoms with E-state index < -0.39 is 0 Å². The molecule has 0 saturated carbocycles. The smallest absolute Gasteiger partial charge is 0.0985 e. The molecular formula is C14H24N2S. The summed E-state index contributed by atoms with van der Waals surface area (Å²) in [7, 11) is 0. The highest BCUT2D eigenvalue weighted by molar-refractivity contribution is 7.09. The second-order valence-electron chi connectivity index (χ2n) is 6.36. The summed E-state index contributed by atoms with van der Waals surface area (Å²) in [6, 6.07) is 0. The maximum atomic E-state index is 4.62. The predicted molar refractivity (Wildman–Crippen MR) is 77.6 cm³/mol. The molecule has 0 amide bonds. The summed E-state index contributed by atoms with van der Waals surface area (Å²) in [5.74, 6) is 0. The van der Waals surface area contributed by atoms with Crippen molar-refractivity contribution in [3.8, 4) is 0 Å². The highest BCUT2D eigenvalue weighted by Gasteiger charge is 2.17. The SMILES string of the molecule is CC(C)(C)NC/C=C/c1csc(C(C)(C)C)n1. The second kappa shape index (κ2) is 5.32. The van der Waals surface area contributed by atoms with Gasteiger partial charge in [0.25, 0.3) is 0 Å². The molecule has 1 rings (SSSR count). The van der Waals surface area contributed by atoms with Gasteiger partial charge in [-0.25, -0.2) is 4.98 Å². The van der Waals surface area contributed by atoms with Crippen molar-refractivity contribution in [2.45, 2.75) is 52.5 Å². The van der Waals surface area contributed by atoms with Gasteiger partial charge in [-0.3, -0.25) is 0 Å². The summed E-state index contributed by atoms with van der Waals surface area (Å²) >= 11 is 1.74. The maximum absolute atomic E-state index is 4.62. The average Bonchev–Trinajstić information content (AvgIpc) is 2.58. The van der Waals surface area contributed by atoms with Gasteiger partial charge in [-0.2, -0.15) is 0 Å². The van der Waals surface area contributed by atoms with E-state index >= 15 is 0 Å². The van der Waals surface area contributed by atoms with Gasteiger partial charge in [0.2, 0.25) is 0 Å². The Morgan fingerprint density at radius 3 is 2.35 bits per heavy atom. The van der Waals surface area contributed by atoms with Gasteiger partial charge in [0, 0.05) is 22.9 Å². The molecule has 0 spiro atoms. The van der Waals surface area contributed by atoms with Crippen LogP contribution in [-0.4, -0.2) is 17.1 Å². The van der Waals surface area contributed by atoms with Gasteiger partial charge in [0.05, 0.1) is 10.7 Å². The Kier molecular flexibility index (Phi) is 4.50. The molecule has 0 fully saturated rings. The van der Waals surface area contributed by atoms with E-state index in [1.807, 2.05) is 0 Å². The number of hydrogen-bond acceptors (Lipinski definition) is 3. The topological polar surface area (TPSA) is 24.9 Å². The first-order valence-corrected chi connectivity index (χ1v) is 6.94. The van der Waals surface area contributed by atoms with Crippen LogP contribution in [0.15, 0.2) is 11.5 Å². The molecule has 1 heterocycles. The third kappa shape index (κ3) is 5.46. The second-order valence-corrected chi connectivity index (χ2v) is 7.22. The van der Waals surface area contributed by atoms with E-state index in [9.17, 15) is 0 Å². The summed E-state index contributed by atoms with van der Waals surface area (Å²) in [5.41, 5.74) is 1.39. The van der Waals surface area contributed by atoms with Crippen LogP contribution in [0.25, 0.3) is 6.08 Å². The van der Waals surface area contributed by atoms with Crippen LogP contribution in [-0.2, 0) is 5.41 Å². The number of nitrogens with zero attached hydrogens (tertiary/aromatic N) is 1. The average molecular weight is 252 g/mol. The first-order valence-electron chi connectivity index (χ1n) is 6.06. The molecule has 0 unspecified atom stereocenters. The van der Waals surface area contributed by atoms with Crippen LogP contribution in [0.4, 0.5) is 0 Å². The third-order valence-electron chi connectivity index (χ3n) is 2.20. The van der Waals surface area contributed by atoms with Crippen molar-refractivity contribution in [1.29, 1.82) is 0 Å². The van der Waals surface area contributed by atoms with E-state index in [1.54, 1.807) is 11.3 Å². The van der Waals surface area contributed by atoms with Crippen molar-refractivity contribution in [3.63, 3.8) is 0 Å². The lowest BCUT2D eigenvalue weighted by atomic mass is 9.98. The Bertz CT molecular complexity index is 378. The zero-order valence-corrected chi connectivity index (χ0v) is 12.6. The van der Waals surface area contributed by atoms with Crippen LogP contribution in [0, 0.1) is 0 Å². The number of rotatable bonds is 3. The van der Waals surface area contributed by atoms with Crippen molar-refractivity contribution in [1.82, 2.24) is 10.3 Å². The fourth-order valence-corrected chi connectivity index (χ4v) is 2.13. The zero-order chi connectivity index (χ0) is 13.1. The van der Waals surface area contributed by atoms with Crippen LogP contribution < -0.4 is 5.32 Å². The monoisotopic (exact) mass is 252 g/mol. The van der Waals surface area contributed by atoms with E-state index in [0.717, 1.165) is 12.2 Å². The number of nitrogens with one attached hydrogen (secondary N) is 1. The molecule has 2 nitrogen and oxygen atoms in total. The van der Waals surface area contributed by atoms with E-state index in [2.05, 4.69) is 69.4 Å². The minimum absolute atomic E-state index is 0.153. The van der Waals surface area contributed by atoms with Gasteiger partial charge in [-0.1, -0.05) is 26.8 Å². The molecular weight excluding hydrogens is 228 g/mol. The zero-order valence-electron chi connectivity index (χ0n) is 11.8. The molecule has 0 atom stereocenters. The summed E-state index contributed by atoms with van der Waals surface area (Å²) < 4.78 is 0. The standard InChI is InChI=1S/C14H24N2S/c1-13(2,3)12-16-11(10-17-12)8-7-9-15-14(4,5)6/h7-8,10,15H,9H2,1-6H3/b8-7+. The van der Waals surface area contributed by atoms with Crippen molar-refractivity contribution in [2.24, 2.45) is 0 Å². The lowest BCUT2D eigenvalue weighted by Gasteiger charge is -2.18. The molecule has 0 aromatic carbocycles. The minimum Gasteiger partial charge on any atom is -0.309 e. The minimum atomic E-state index is 0.153. The fourth-order valence-electron chi connectivity index (χ4n) is 1.25. The van der Waals surface area contributed by atoms with Crippen molar-refractivity contribution in [3.05, 3.63) is 22.2 Å². The van der Waals surface area contributed by atoms with Crippen molar-refractivity contribution < 1.29 is 0 Å². The van der Waals surface area contributed by atoms with Gasteiger partial charge < -0.3 is 5.32 Å². The van der Waals surface area contributed by atoms with E-state index in [1.165, 1.54) is 5.01 Å². The molecule has 3 heteroatoms. The molecule has 17 heavy (non-hydrogen) atoms. The molecule has 0 aliphatic rings. The van der Waals surface area contributed by atoms with Crippen LogP contribution in [0.3, 0.4) is 0 Å². The molecule has 96 valence electrons. The Hall–Kier alpha value is -0.670.